The van der Waals surface area contributed by atoms with Gasteiger partial charge in [-0.15, -0.1) is 0 Å². The van der Waals surface area contributed by atoms with E-state index in [4.69, 9.17) is 0 Å². The molecule has 2 unspecified atom stereocenters. The van der Waals surface area contributed by atoms with Gasteiger partial charge in [0.2, 0.25) is 0 Å². The summed E-state index contributed by atoms with van der Waals surface area (Å²) >= 11 is 0. The molecule has 2 aromatic heterocycles. The molecule has 0 bridgehead atoms. The molecule has 1 N–H and O–H groups in total. The van der Waals surface area contributed by atoms with Crippen molar-refractivity contribution in [3.63, 3.8) is 0 Å². The average molecular weight is 314 g/mol. The third kappa shape index (κ3) is 3.17. The molecular weight excluding hydrogens is 296 g/mol. The van der Waals surface area contributed by atoms with E-state index in [1.165, 1.54) is 0 Å². The van der Waals surface area contributed by atoms with Crippen molar-refractivity contribution in [2.45, 2.75) is 13.0 Å². The first-order valence-electron chi connectivity index (χ1n) is 7.09. The number of fused-ring (bicyclic) bond motifs is 1. The molecule has 5 nitrogen and oxygen atoms in total. The zero-order valence-corrected chi connectivity index (χ0v) is 13.4. The molecule has 1 aromatic carbocycles. The molecule has 0 aliphatic heterocycles. The largest absolute Gasteiger partial charge is 0.367 e. The van der Waals surface area contributed by atoms with Crippen molar-refractivity contribution in [3.05, 3.63) is 48.8 Å². The fourth-order valence-electron chi connectivity index (χ4n) is 2.43. The molecule has 0 amide bonds. The number of nitrogens with zero attached hydrogens (tertiary/aromatic N) is 3. The number of nitrogens with one attached hydrogen (secondary N) is 1. The van der Waals surface area contributed by atoms with Crippen LogP contribution < -0.4 is 5.32 Å². The predicted molar refractivity (Wildman–Crippen MR) is 90.9 cm³/mol. The highest BCUT2D eigenvalue weighted by atomic mass is 32.2. The van der Waals surface area contributed by atoms with Crippen LogP contribution in [0.1, 0.15) is 6.92 Å². The molecule has 0 aliphatic rings. The van der Waals surface area contributed by atoms with Crippen molar-refractivity contribution in [2.24, 2.45) is 0 Å². The van der Waals surface area contributed by atoms with Gasteiger partial charge in [-0.3, -0.25) is 8.78 Å². The summed E-state index contributed by atoms with van der Waals surface area (Å²) in [5.74, 6) is 2.18. The minimum atomic E-state index is -0.828. The quantitative estimate of drug-likeness (QED) is 0.786. The molecule has 2 atom stereocenters. The lowest BCUT2D eigenvalue weighted by atomic mass is 10.3. The van der Waals surface area contributed by atoms with Crippen LogP contribution in [-0.4, -0.2) is 36.8 Å². The van der Waals surface area contributed by atoms with Gasteiger partial charge >= 0.3 is 0 Å². The Bertz CT molecular complexity index is 815. The van der Waals surface area contributed by atoms with Crippen molar-refractivity contribution in [1.29, 1.82) is 0 Å². The number of hydrogen-bond acceptors (Lipinski definition) is 4. The Kier molecular flexibility index (Phi) is 4.20. The molecule has 3 aromatic rings. The van der Waals surface area contributed by atoms with Crippen molar-refractivity contribution in [3.8, 4) is 5.82 Å². The summed E-state index contributed by atoms with van der Waals surface area (Å²) in [6.07, 6.45) is 3.49. The zero-order valence-electron chi connectivity index (χ0n) is 12.6. The van der Waals surface area contributed by atoms with E-state index in [2.05, 4.69) is 15.3 Å². The first-order chi connectivity index (χ1) is 10.6. The lowest BCUT2D eigenvalue weighted by Crippen LogP contribution is -2.23. The summed E-state index contributed by atoms with van der Waals surface area (Å²) in [4.78, 5) is 9.01. The molecule has 0 saturated heterocycles. The smallest absolute Gasteiger partial charge is 0.140 e. The second-order valence-corrected chi connectivity index (χ2v) is 6.75. The molecule has 3 rings (SSSR count). The number of hydrogen-bond donors (Lipinski definition) is 1. The fraction of sp³-hybridized carbons (Fsp3) is 0.250. The van der Waals surface area contributed by atoms with Crippen LogP contribution in [0.5, 0.6) is 0 Å². The summed E-state index contributed by atoms with van der Waals surface area (Å²) in [6, 6.07) is 13.9. The van der Waals surface area contributed by atoms with E-state index in [-0.39, 0.29) is 6.04 Å². The monoisotopic (exact) mass is 314 g/mol. The molecule has 0 fully saturated rings. The summed E-state index contributed by atoms with van der Waals surface area (Å²) in [7, 11) is -0.828. The van der Waals surface area contributed by atoms with Gasteiger partial charge in [0.05, 0.1) is 11.0 Å². The van der Waals surface area contributed by atoms with Crippen LogP contribution in [-0.2, 0) is 10.8 Å². The Labute approximate surface area is 131 Å². The summed E-state index contributed by atoms with van der Waals surface area (Å²) in [6.45, 7) is 2.00. The van der Waals surface area contributed by atoms with Gasteiger partial charge in [-0.25, -0.2) is 9.97 Å². The van der Waals surface area contributed by atoms with Crippen molar-refractivity contribution in [1.82, 2.24) is 14.5 Å². The van der Waals surface area contributed by atoms with Crippen LogP contribution in [0.15, 0.2) is 48.8 Å². The number of anilines is 1. The van der Waals surface area contributed by atoms with E-state index in [1.807, 2.05) is 54.0 Å². The van der Waals surface area contributed by atoms with Gasteiger partial charge < -0.3 is 5.32 Å². The lowest BCUT2D eigenvalue weighted by molar-refractivity contribution is 0.683. The van der Waals surface area contributed by atoms with E-state index in [0.717, 1.165) is 22.7 Å². The van der Waals surface area contributed by atoms with Crippen LogP contribution in [0.3, 0.4) is 0 Å². The first-order valence-corrected chi connectivity index (χ1v) is 8.82. The molecular formula is C16H18N4OS. The minimum Gasteiger partial charge on any atom is -0.367 e. The van der Waals surface area contributed by atoms with E-state index in [0.29, 0.717) is 5.75 Å². The van der Waals surface area contributed by atoms with E-state index >= 15 is 0 Å². The number of pyridine rings is 1. The van der Waals surface area contributed by atoms with Gasteiger partial charge in [0, 0.05) is 28.9 Å². The minimum absolute atomic E-state index is 0.105. The molecule has 0 saturated carbocycles. The number of aromatic nitrogens is 3. The highest BCUT2D eigenvalue weighted by molar-refractivity contribution is 7.84. The van der Waals surface area contributed by atoms with Crippen LogP contribution in [0.2, 0.25) is 0 Å². The highest BCUT2D eigenvalue weighted by Crippen LogP contribution is 2.17. The predicted octanol–water partition coefficient (Wildman–Crippen LogP) is 2.60. The summed E-state index contributed by atoms with van der Waals surface area (Å²) in [5, 5.41) is 3.29. The lowest BCUT2D eigenvalue weighted by Gasteiger charge is -2.14. The van der Waals surface area contributed by atoms with Crippen molar-refractivity contribution >= 4 is 27.7 Å². The first kappa shape index (κ1) is 14.7. The molecule has 2 heterocycles. The van der Waals surface area contributed by atoms with Gasteiger partial charge in [0.25, 0.3) is 0 Å². The number of para-hydroxylation sites is 2. The topological polar surface area (TPSA) is 59.8 Å². The third-order valence-electron chi connectivity index (χ3n) is 3.31. The van der Waals surface area contributed by atoms with Crippen LogP contribution in [0, 0.1) is 0 Å². The van der Waals surface area contributed by atoms with Crippen LogP contribution in [0.4, 0.5) is 5.82 Å². The highest BCUT2D eigenvalue weighted by Gasteiger charge is 2.08. The third-order valence-corrected chi connectivity index (χ3v) is 4.28. The maximum Gasteiger partial charge on any atom is 0.140 e. The molecule has 6 heteroatoms. The standard InChI is InChI=1S/C16H18N4OS/c1-12(10-22(2)21)18-15-8-5-9-16(19-15)20-11-17-13-6-3-4-7-14(13)20/h3-9,11-12H,10H2,1-2H3,(H,18,19). The van der Waals surface area contributed by atoms with Crippen LogP contribution in [0.25, 0.3) is 16.9 Å². The molecule has 0 radical (unpaired) electrons. The van der Waals surface area contributed by atoms with E-state index in [9.17, 15) is 4.21 Å². The van der Waals surface area contributed by atoms with Crippen molar-refractivity contribution in [2.75, 3.05) is 17.3 Å². The Morgan fingerprint density at radius 3 is 2.86 bits per heavy atom. The van der Waals surface area contributed by atoms with Gasteiger partial charge in [0.15, 0.2) is 0 Å². The van der Waals surface area contributed by atoms with Crippen LogP contribution >= 0.6 is 0 Å². The second kappa shape index (κ2) is 6.27. The van der Waals surface area contributed by atoms with Crippen molar-refractivity contribution < 1.29 is 4.21 Å². The molecule has 22 heavy (non-hydrogen) atoms. The number of benzene rings is 1. The maximum atomic E-state index is 11.3. The normalized spacial score (nSPS) is 13.9. The average Bonchev–Trinajstić information content (AvgIpc) is 2.90. The molecule has 0 spiro atoms. The number of rotatable bonds is 5. The Balaban J connectivity index is 1.89. The van der Waals surface area contributed by atoms with E-state index < -0.39 is 10.8 Å². The fourth-order valence-corrected chi connectivity index (χ4v) is 3.21. The maximum absolute atomic E-state index is 11.3. The van der Waals surface area contributed by atoms with Gasteiger partial charge in [-0.1, -0.05) is 18.2 Å². The Morgan fingerprint density at radius 2 is 2.05 bits per heavy atom. The van der Waals surface area contributed by atoms with E-state index in [1.54, 1.807) is 12.6 Å². The van der Waals surface area contributed by atoms with Gasteiger partial charge in [-0.2, -0.15) is 0 Å². The SMILES string of the molecule is CC(CS(C)=O)Nc1cccc(-n2cnc3ccccc32)n1. The van der Waals surface area contributed by atoms with Gasteiger partial charge in [-0.05, 0) is 31.2 Å². The summed E-state index contributed by atoms with van der Waals surface area (Å²) < 4.78 is 13.2. The Hall–Kier alpha value is -2.21. The zero-order chi connectivity index (χ0) is 15.5. The Morgan fingerprint density at radius 1 is 1.23 bits per heavy atom. The molecule has 114 valence electrons. The second-order valence-electron chi connectivity index (χ2n) is 5.27. The summed E-state index contributed by atoms with van der Waals surface area (Å²) in [5.41, 5.74) is 1.97. The van der Waals surface area contributed by atoms with Gasteiger partial charge in [0.1, 0.15) is 18.0 Å². The molecule has 0 aliphatic carbocycles. The number of imidazole rings is 1.